The molecule has 0 saturated carbocycles. The molecular weight excluding hydrogens is 260 g/mol. The summed E-state index contributed by atoms with van der Waals surface area (Å²) in [5, 5.41) is 0.694. The van der Waals surface area contributed by atoms with E-state index >= 15 is 0 Å². The highest BCUT2D eigenvalue weighted by Gasteiger charge is 2.25. The fourth-order valence-corrected chi connectivity index (χ4v) is 2.71. The Morgan fingerprint density at radius 2 is 2.11 bits per heavy atom. The van der Waals surface area contributed by atoms with E-state index in [4.69, 9.17) is 11.6 Å². The third-order valence-corrected chi connectivity index (χ3v) is 3.60. The zero-order valence-electron chi connectivity index (χ0n) is 10.5. The molecule has 0 N–H and O–H groups in total. The van der Waals surface area contributed by atoms with E-state index in [0.717, 1.165) is 37.4 Å². The summed E-state index contributed by atoms with van der Waals surface area (Å²) in [4.78, 5) is 15.2. The van der Waals surface area contributed by atoms with Crippen LogP contribution in [-0.2, 0) is 6.54 Å². The molecule has 2 aromatic heterocycles. The van der Waals surface area contributed by atoms with Gasteiger partial charge < -0.3 is 0 Å². The first-order valence-corrected chi connectivity index (χ1v) is 6.78. The molecule has 98 valence electrons. The van der Waals surface area contributed by atoms with Crippen LogP contribution in [0.15, 0.2) is 36.9 Å². The number of pyridine rings is 1. The Hall–Kier alpha value is -1.52. The van der Waals surface area contributed by atoms with Gasteiger partial charge in [-0.15, -0.1) is 0 Å². The lowest BCUT2D eigenvalue weighted by atomic mass is 10.1. The fourth-order valence-electron chi connectivity index (χ4n) is 2.51. The summed E-state index contributed by atoms with van der Waals surface area (Å²) < 4.78 is 0. The molecule has 1 aliphatic heterocycles. The van der Waals surface area contributed by atoms with Crippen LogP contribution < -0.4 is 0 Å². The molecule has 0 spiro atoms. The van der Waals surface area contributed by atoms with Crippen LogP contribution in [0, 0.1) is 0 Å². The summed E-state index contributed by atoms with van der Waals surface area (Å²) in [6, 6.07) is 3.83. The van der Waals surface area contributed by atoms with E-state index < -0.39 is 0 Å². The van der Waals surface area contributed by atoms with E-state index in [1.165, 1.54) is 0 Å². The summed E-state index contributed by atoms with van der Waals surface area (Å²) in [5.74, 6) is 1.39. The first kappa shape index (κ1) is 12.5. The largest absolute Gasteiger partial charge is 0.298 e. The van der Waals surface area contributed by atoms with Crippen molar-refractivity contribution in [1.29, 1.82) is 0 Å². The van der Waals surface area contributed by atoms with Crippen LogP contribution in [0.1, 0.15) is 23.7 Å². The quantitative estimate of drug-likeness (QED) is 0.862. The minimum Gasteiger partial charge on any atom is -0.298 e. The average molecular weight is 275 g/mol. The van der Waals surface area contributed by atoms with E-state index in [1.807, 2.05) is 30.7 Å². The predicted molar refractivity (Wildman–Crippen MR) is 73.9 cm³/mol. The number of hydrogen-bond acceptors (Lipinski definition) is 4. The maximum Gasteiger partial charge on any atom is 0.132 e. The fraction of sp³-hybridized carbons (Fsp3) is 0.357. The first-order valence-electron chi connectivity index (χ1n) is 6.40. The Bertz CT molecular complexity index is 546. The molecule has 1 atom stereocenters. The van der Waals surface area contributed by atoms with Crippen LogP contribution in [-0.4, -0.2) is 32.9 Å². The average Bonchev–Trinajstić information content (AvgIpc) is 2.88. The first-order chi connectivity index (χ1) is 9.31. The van der Waals surface area contributed by atoms with Crippen molar-refractivity contribution in [2.24, 2.45) is 0 Å². The van der Waals surface area contributed by atoms with E-state index in [0.29, 0.717) is 10.9 Å². The maximum atomic E-state index is 5.95. The van der Waals surface area contributed by atoms with Crippen molar-refractivity contribution in [2.75, 3.05) is 13.1 Å². The smallest absolute Gasteiger partial charge is 0.132 e. The van der Waals surface area contributed by atoms with Gasteiger partial charge in [0.2, 0.25) is 0 Å². The van der Waals surface area contributed by atoms with Gasteiger partial charge in [-0.05, 0) is 30.7 Å². The minimum absolute atomic E-state index is 0.438. The number of aromatic nitrogens is 3. The molecule has 4 nitrogen and oxygen atoms in total. The highest BCUT2D eigenvalue weighted by molar-refractivity contribution is 6.30. The van der Waals surface area contributed by atoms with Crippen molar-refractivity contribution in [1.82, 2.24) is 19.9 Å². The van der Waals surface area contributed by atoms with Gasteiger partial charge in [0.25, 0.3) is 0 Å². The SMILES string of the molecule is Clc1cncc(CN2CCC(c3ncccn3)C2)c1. The van der Waals surface area contributed by atoms with Gasteiger partial charge >= 0.3 is 0 Å². The molecule has 3 heterocycles. The molecule has 0 aromatic carbocycles. The second-order valence-electron chi connectivity index (χ2n) is 4.84. The zero-order valence-corrected chi connectivity index (χ0v) is 11.3. The number of hydrogen-bond donors (Lipinski definition) is 0. The van der Waals surface area contributed by atoms with E-state index in [-0.39, 0.29) is 0 Å². The van der Waals surface area contributed by atoms with Crippen LogP contribution in [0.4, 0.5) is 0 Å². The topological polar surface area (TPSA) is 41.9 Å². The van der Waals surface area contributed by atoms with Crippen LogP contribution in [0.5, 0.6) is 0 Å². The number of halogens is 1. The lowest BCUT2D eigenvalue weighted by Gasteiger charge is -2.15. The highest BCUT2D eigenvalue weighted by atomic mass is 35.5. The van der Waals surface area contributed by atoms with Crippen molar-refractivity contribution >= 4 is 11.6 Å². The molecule has 0 aliphatic carbocycles. The van der Waals surface area contributed by atoms with Crippen LogP contribution >= 0.6 is 11.6 Å². The van der Waals surface area contributed by atoms with Gasteiger partial charge in [-0.1, -0.05) is 11.6 Å². The van der Waals surface area contributed by atoms with Crippen molar-refractivity contribution in [2.45, 2.75) is 18.9 Å². The van der Waals surface area contributed by atoms with E-state index in [9.17, 15) is 0 Å². The van der Waals surface area contributed by atoms with Crippen molar-refractivity contribution in [3.8, 4) is 0 Å². The third kappa shape index (κ3) is 3.08. The molecule has 0 amide bonds. The van der Waals surface area contributed by atoms with Crippen molar-refractivity contribution in [3.63, 3.8) is 0 Å². The number of rotatable bonds is 3. The lowest BCUT2D eigenvalue weighted by Crippen LogP contribution is -2.20. The summed E-state index contributed by atoms with van der Waals surface area (Å²) in [6.07, 6.45) is 8.27. The summed E-state index contributed by atoms with van der Waals surface area (Å²) >= 11 is 5.95. The maximum absolute atomic E-state index is 5.95. The monoisotopic (exact) mass is 274 g/mol. The predicted octanol–water partition coefficient (Wildman–Crippen LogP) is 2.51. The Balaban J connectivity index is 1.63. The Labute approximate surface area is 117 Å². The van der Waals surface area contributed by atoms with Gasteiger partial charge in [-0.2, -0.15) is 0 Å². The highest BCUT2D eigenvalue weighted by Crippen LogP contribution is 2.25. The standard InChI is InChI=1S/C14H15ClN4/c15-13-6-11(7-16-8-13)9-19-5-2-12(10-19)14-17-3-1-4-18-14/h1,3-4,6-8,12H,2,5,9-10H2. The van der Waals surface area contributed by atoms with Crippen molar-refractivity contribution in [3.05, 3.63) is 53.3 Å². The summed E-state index contributed by atoms with van der Waals surface area (Å²) in [5.41, 5.74) is 1.15. The van der Waals surface area contributed by atoms with E-state index in [1.54, 1.807) is 6.20 Å². The minimum atomic E-state index is 0.438. The molecule has 19 heavy (non-hydrogen) atoms. The van der Waals surface area contributed by atoms with Crippen LogP contribution in [0.3, 0.4) is 0 Å². The molecule has 1 fully saturated rings. The second kappa shape index (κ2) is 5.63. The molecule has 1 aliphatic rings. The van der Waals surface area contributed by atoms with Gasteiger partial charge in [0.1, 0.15) is 5.82 Å². The third-order valence-electron chi connectivity index (χ3n) is 3.39. The summed E-state index contributed by atoms with van der Waals surface area (Å²) in [7, 11) is 0. The van der Waals surface area contributed by atoms with Gasteiger partial charge in [0.05, 0.1) is 5.02 Å². The molecule has 1 saturated heterocycles. The molecular formula is C14H15ClN4. The molecule has 5 heteroatoms. The Morgan fingerprint density at radius 1 is 1.26 bits per heavy atom. The van der Waals surface area contributed by atoms with Gasteiger partial charge in [-0.3, -0.25) is 9.88 Å². The van der Waals surface area contributed by atoms with Gasteiger partial charge in [0.15, 0.2) is 0 Å². The molecule has 2 aromatic rings. The Morgan fingerprint density at radius 3 is 2.89 bits per heavy atom. The number of likely N-dealkylation sites (tertiary alicyclic amines) is 1. The van der Waals surface area contributed by atoms with Gasteiger partial charge in [-0.25, -0.2) is 9.97 Å². The van der Waals surface area contributed by atoms with E-state index in [2.05, 4.69) is 19.9 Å². The van der Waals surface area contributed by atoms with Gasteiger partial charge in [0, 0.05) is 43.8 Å². The van der Waals surface area contributed by atoms with Crippen LogP contribution in [0.2, 0.25) is 5.02 Å². The van der Waals surface area contributed by atoms with Crippen molar-refractivity contribution < 1.29 is 0 Å². The molecule has 0 radical (unpaired) electrons. The lowest BCUT2D eigenvalue weighted by molar-refractivity contribution is 0.325. The molecule has 3 rings (SSSR count). The Kier molecular flexibility index (Phi) is 3.71. The van der Waals surface area contributed by atoms with Crippen LogP contribution in [0.25, 0.3) is 0 Å². The normalized spacial score (nSPS) is 19.7. The second-order valence-corrected chi connectivity index (χ2v) is 5.28. The zero-order chi connectivity index (χ0) is 13.1. The number of nitrogens with zero attached hydrogens (tertiary/aromatic N) is 4. The summed E-state index contributed by atoms with van der Waals surface area (Å²) in [6.45, 7) is 2.95. The molecule has 1 unspecified atom stereocenters. The molecule has 0 bridgehead atoms.